The third kappa shape index (κ3) is 2.46. The van der Waals surface area contributed by atoms with Crippen LogP contribution in [0.5, 0.6) is 0 Å². The molecule has 1 fully saturated rings. The number of carbonyl (C=O) groups is 1. The SMILES string of the molecule is CN1CCCN(c2nnc(Br)s2)CC1=O. The lowest BCUT2D eigenvalue weighted by molar-refractivity contribution is -0.127. The van der Waals surface area contributed by atoms with Crippen LogP contribution in [0.4, 0.5) is 5.13 Å². The van der Waals surface area contributed by atoms with Gasteiger partial charge < -0.3 is 9.80 Å². The Morgan fingerprint density at radius 3 is 2.87 bits per heavy atom. The molecule has 0 radical (unpaired) electrons. The van der Waals surface area contributed by atoms with Gasteiger partial charge in [0.25, 0.3) is 0 Å². The predicted molar refractivity (Wildman–Crippen MR) is 62.1 cm³/mol. The quantitative estimate of drug-likeness (QED) is 0.773. The van der Waals surface area contributed by atoms with Crippen LogP contribution in [0.2, 0.25) is 0 Å². The minimum Gasteiger partial charge on any atom is -0.344 e. The Hall–Kier alpha value is -0.690. The van der Waals surface area contributed by atoms with Gasteiger partial charge in [0.2, 0.25) is 11.0 Å². The van der Waals surface area contributed by atoms with Gasteiger partial charge in [-0.1, -0.05) is 11.3 Å². The highest BCUT2D eigenvalue weighted by Crippen LogP contribution is 2.24. The minimum absolute atomic E-state index is 0.138. The number of hydrogen-bond acceptors (Lipinski definition) is 5. The number of carbonyl (C=O) groups excluding carboxylic acids is 1. The van der Waals surface area contributed by atoms with E-state index in [1.54, 1.807) is 4.90 Å². The monoisotopic (exact) mass is 290 g/mol. The molecule has 0 saturated carbocycles. The zero-order chi connectivity index (χ0) is 10.8. The molecule has 0 aliphatic carbocycles. The smallest absolute Gasteiger partial charge is 0.241 e. The maximum atomic E-state index is 11.6. The van der Waals surface area contributed by atoms with Gasteiger partial charge in [0.15, 0.2) is 3.92 Å². The number of aromatic nitrogens is 2. The highest BCUT2D eigenvalue weighted by atomic mass is 79.9. The number of halogens is 1. The Morgan fingerprint density at radius 2 is 2.20 bits per heavy atom. The Balaban J connectivity index is 2.13. The Bertz CT molecular complexity index is 369. The number of likely N-dealkylation sites (N-methyl/N-ethyl adjacent to an activating group) is 1. The normalized spacial score (nSPS) is 18.1. The summed E-state index contributed by atoms with van der Waals surface area (Å²) in [7, 11) is 1.84. The van der Waals surface area contributed by atoms with Gasteiger partial charge >= 0.3 is 0 Å². The van der Waals surface area contributed by atoms with E-state index in [-0.39, 0.29) is 5.91 Å². The summed E-state index contributed by atoms with van der Waals surface area (Å²) in [5.74, 6) is 0.138. The fourth-order valence-corrected chi connectivity index (χ4v) is 2.59. The summed E-state index contributed by atoms with van der Waals surface area (Å²) in [4.78, 5) is 15.4. The van der Waals surface area contributed by atoms with E-state index in [2.05, 4.69) is 26.1 Å². The van der Waals surface area contributed by atoms with Crippen molar-refractivity contribution in [2.75, 3.05) is 31.6 Å². The standard InChI is InChI=1S/C8H11BrN4OS/c1-12-3-2-4-13(5-6(12)14)8-11-10-7(9)15-8/h2-5H2,1H3. The summed E-state index contributed by atoms with van der Waals surface area (Å²) < 4.78 is 0.752. The molecule has 82 valence electrons. The number of rotatable bonds is 1. The molecule has 5 nitrogen and oxygen atoms in total. The number of anilines is 1. The lowest BCUT2D eigenvalue weighted by atomic mass is 10.4. The zero-order valence-corrected chi connectivity index (χ0v) is 10.7. The van der Waals surface area contributed by atoms with Crippen LogP contribution in [0.25, 0.3) is 0 Å². The third-order valence-electron chi connectivity index (χ3n) is 2.33. The molecule has 7 heteroatoms. The molecule has 0 aromatic carbocycles. The van der Waals surface area contributed by atoms with Crippen molar-refractivity contribution in [1.29, 1.82) is 0 Å². The van der Waals surface area contributed by atoms with Crippen molar-refractivity contribution >= 4 is 38.3 Å². The molecular formula is C8H11BrN4OS. The largest absolute Gasteiger partial charge is 0.344 e. The van der Waals surface area contributed by atoms with E-state index in [9.17, 15) is 4.79 Å². The third-order valence-corrected chi connectivity index (χ3v) is 3.75. The minimum atomic E-state index is 0.138. The Morgan fingerprint density at radius 1 is 1.40 bits per heavy atom. The molecule has 1 aromatic heterocycles. The van der Waals surface area contributed by atoms with Crippen LogP contribution in [0.3, 0.4) is 0 Å². The van der Waals surface area contributed by atoms with Gasteiger partial charge in [-0.25, -0.2) is 0 Å². The van der Waals surface area contributed by atoms with Crippen molar-refractivity contribution < 1.29 is 4.79 Å². The average Bonchev–Trinajstić information content (AvgIpc) is 2.55. The maximum Gasteiger partial charge on any atom is 0.241 e. The van der Waals surface area contributed by atoms with E-state index >= 15 is 0 Å². The molecule has 0 N–H and O–H groups in total. The van der Waals surface area contributed by atoms with Crippen molar-refractivity contribution in [3.05, 3.63) is 3.92 Å². The van der Waals surface area contributed by atoms with E-state index in [0.29, 0.717) is 6.54 Å². The number of nitrogens with zero attached hydrogens (tertiary/aromatic N) is 4. The summed E-state index contributed by atoms with van der Waals surface area (Å²) in [6.07, 6.45) is 0.972. The lowest BCUT2D eigenvalue weighted by Crippen LogP contribution is -2.34. The molecule has 0 unspecified atom stereocenters. The average molecular weight is 291 g/mol. The molecule has 1 amide bonds. The molecule has 1 aliphatic heterocycles. The second kappa shape index (κ2) is 4.44. The van der Waals surface area contributed by atoms with Gasteiger partial charge in [-0.15, -0.1) is 10.2 Å². The zero-order valence-electron chi connectivity index (χ0n) is 8.31. The van der Waals surface area contributed by atoms with Crippen molar-refractivity contribution in [2.24, 2.45) is 0 Å². The summed E-state index contributed by atoms with van der Waals surface area (Å²) in [5, 5.41) is 8.71. The van der Waals surface area contributed by atoms with Crippen molar-refractivity contribution in [2.45, 2.75) is 6.42 Å². The molecule has 15 heavy (non-hydrogen) atoms. The van der Waals surface area contributed by atoms with Gasteiger partial charge in [0, 0.05) is 20.1 Å². The second-order valence-electron chi connectivity index (χ2n) is 3.43. The van der Waals surface area contributed by atoms with E-state index in [1.807, 2.05) is 11.9 Å². The molecule has 0 spiro atoms. The second-order valence-corrected chi connectivity index (χ2v) is 5.66. The first-order chi connectivity index (χ1) is 7.16. The van der Waals surface area contributed by atoms with Crippen LogP contribution in [-0.4, -0.2) is 47.7 Å². The van der Waals surface area contributed by atoms with Crippen molar-refractivity contribution in [1.82, 2.24) is 15.1 Å². The fourth-order valence-electron chi connectivity index (χ4n) is 1.48. The predicted octanol–water partition coefficient (Wildman–Crippen LogP) is 0.969. The first kappa shape index (κ1) is 10.8. The molecule has 1 aromatic rings. The van der Waals surface area contributed by atoms with E-state index in [1.165, 1.54) is 11.3 Å². The Kier molecular flexibility index (Phi) is 3.20. The van der Waals surface area contributed by atoms with Gasteiger partial charge in [-0.3, -0.25) is 4.79 Å². The summed E-state index contributed by atoms with van der Waals surface area (Å²) in [5.41, 5.74) is 0. The topological polar surface area (TPSA) is 49.3 Å². The highest BCUT2D eigenvalue weighted by Gasteiger charge is 2.21. The first-order valence-corrected chi connectivity index (χ1v) is 6.25. The van der Waals surface area contributed by atoms with E-state index in [4.69, 9.17) is 0 Å². The van der Waals surface area contributed by atoms with E-state index < -0.39 is 0 Å². The molecule has 0 atom stereocenters. The van der Waals surface area contributed by atoms with Crippen LogP contribution < -0.4 is 4.90 Å². The first-order valence-electron chi connectivity index (χ1n) is 4.65. The van der Waals surface area contributed by atoms with Crippen LogP contribution >= 0.6 is 27.3 Å². The van der Waals surface area contributed by atoms with E-state index in [0.717, 1.165) is 28.6 Å². The number of amides is 1. The molecular weight excluding hydrogens is 280 g/mol. The van der Waals surface area contributed by atoms with Gasteiger partial charge in [0.1, 0.15) is 0 Å². The molecule has 1 aliphatic rings. The van der Waals surface area contributed by atoms with Crippen LogP contribution in [0, 0.1) is 0 Å². The molecule has 2 heterocycles. The van der Waals surface area contributed by atoms with Crippen LogP contribution in [0.15, 0.2) is 3.92 Å². The van der Waals surface area contributed by atoms with Gasteiger partial charge in [0.05, 0.1) is 6.54 Å². The molecule has 1 saturated heterocycles. The molecule has 0 bridgehead atoms. The summed E-state index contributed by atoms with van der Waals surface area (Å²) in [6, 6.07) is 0. The maximum absolute atomic E-state index is 11.6. The molecule has 2 rings (SSSR count). The van der Waals surface area contributed by atoms with Crippen molar-refractivity contribution in [3.63, 3.8) is 0 Å². The van der Waals surface area contributed by atoms with Crippen LogP contribution in [-0.2, 0) is 4.79 Å². The highest BCUT2D eigenvalue weighted by molar-refractivity contribution is 9.11. The van der Waals surface area contributed by atoms with Gasteiger partial charge in [-0.2, -0.15) is 0 Å². The number of hydrogen-bond donors (Lipinski definition) is 0. The van der Waals surface area contributed by atoms with Crippen LogP contribution in [0.1, 0.15) is 6.42 Å². The summed E-state index contributed by atoms with van der Waals surface area (Å²) in [6.45, 7) is 2.07. The summed E-state index contributed by atoms with van der Waals surface area (Å²) >= 11 is 4.72. The Labute approximate surface area is 100 Å². The fraction of sp³-hybridized carbons (Fsp3) is 0.625. The van der Waals surface area contributed by atoms with Crippen molar-refractivity contribution in [3.8, 4) is 0 Å². The lowest BCUT2D eigenvalue weighted by Gasteiger charge is -2.17. The van der Waals surface area contributed by atoms with Gasteiger partial charge in [-0.05, 0) is 22.4 Å².